The highest BCUT2D eigenvalue weighted by molar-refractivity contribution is 6.28. The van der Waals surface area contributed by atoms with Gasteiger partial charge in [-0.1, -0.05) is 0 Å². The van der Waals surface area contributed by atoms with Crippen molar-refractivity contribution in [3.8, 4) is 0 Å². The molecule has 0 amide bonds. The van der Waals surface area contributed by atoms with Gasteiger partial charge < -0.3 is 39.8 Å². The maximum Gasteiger partial charge on any atom is 0.346 e. The molecule has 4 saturated heterocycles. The lowest BCUT2D eigenvalue weighted by Gasteiger charge is -2.36. The minimum absolute atomic E-state index is 0.279. The summed E-state index contributed by atoms with van der Waals surface area (Å²) in [4.78, 5) is 57.2. The van der Waals surface area contributed by atoms with E-state index in [-0.39, 0.29) is 26.4 Å². The zero-order valence-corrected chi connectivity index (χ0v) is 37.8. The van der Waals surface area contributed by atoms with Gasteiger partial charge in [-0.3, -0.25) is 0 Å². The zero-order chi connectivity index (χ0) is 44.6. The van der Waals surface area contributed by atoms with Gasteiger partial charge in [0, 0.05) is 68.0 Å². The minimum Gasteiger partial charge on any atom is -0.462 e. The Hall–Kier alpha value is -2.70. The lowest BCUT2D eigenvalue weighted by atomic mass is 9.87. The topological polar surface area (TPSA) is 199 Å². The first-order valence-corrected chi connectivity index (χ1v) is 20.5. The summed E-state index contributed by atoms with van der Waals surface area (Å²) in [6.07, 6.45) is 1.66. The number of hydrogen-bond donors (Lipinski definition) is 4. The molecule has 0 radical (unpaired) electrons. The van der Waals surface area contributed by atoms with E-state index in [0.717, 1.165) is 0 Å². The predicted octanol–water partition coefficient (Wildman–Crippen LogP) is 5.53. The first-order valence-electron chi connectivity index (χ1n) is 20.5. The van der Waals surface area contributed by atoms with Crippen LogP contribution >= 0.6 is 0 Å². The Morgan fingerprint density at radius 2 is 0.534 bits per heavy atom. The molecule has 0 aromatic heterocycles. The van der Waals surface area contributed by atoms with Crippen LogP contribution in [0.3, 0.4) is 0 Å². The van der Waals surface area contributed by atoms with Crippen LogP contribution in [-0.2, 0) is 38.1 Å². The average molecular weight is 825 g/mol. The molecule has 4 aliphatic rings. The van der Waals surface area contributed by atoms with Crippen molar-refractivity contribution < 1.29 is 59.0 Å². The number of nitrogens with zero attached hydrogens (tertiary/aromatic N) is 4. The lowest BCUT2D eigenvalue weighted by Crippen LogP contribution is -2.48. The number of ether oxygens (including phenoxy) is 4. The second kappa shape index (κ2) is 15.6. The van der Waals surface area contributed by atoms with Gasteiger partial charge in [0.1, 0.15) is 0 Å². The van der Waals surface area contributed by atoms with Crippen molar-refractivity contribution in [2.24, 2.45) is 23.7 Å². The van der Waals surface area contributed by atoms with Crippen molar-refractivity contribution in [3.63, 3.8) is 0 Å². The molecule has 0 spiro atoms. The van der Waals surface area contributed by atoms with Crippen molar-refractivity contribution in [1.82, 2.24) is 20.3 Å². The smallest absolute Gasteiger partial charge is 0.346 e. The van der Waals surface area contributed by atoms with E-state index in [9.17, 15) is 40.0 Å². The molecule has 0 saturated carbocycles. The van der Waals surface area contributed by atoms with E-state index in [0.29, 0.717) is 25.7 Å². The van der Waals surface area contributed by atoms with E-state index in [2.05, 4.69) is 0 Å². The van der Waals surface area contributed by atoms with Crippen LogP contribution in [0.5, 0.6) is 0 Å². The summed E-state index contributed by atoms with van der Waals surface area (Å²) in [6, 6.07) is 0. The SMILES string of the molecule is CC1(C)CC(COC(=O)C(C(=O)OCC2CC(C)(C)N(O)C2(C)C)=C(C(=O)OCC2CC(C)(C)N(O)C2(C)C)C(=O)OCC2CC(C)(C)N(O)C2(C)C)C(C)(C)N1O. The Morgan fingerprint density at radius 1 is 0.379 bits per heavy atom. The third-order valence-electron chi connectivity index (χ3n) is 14.2. The molecular formula is C42H72N4O12. The van der Waals surface area contributed by atoms with Gasteiger partial charge in [-0.2, -0.15) is 20.3 Å². The summed E-state index contributed by atoms with van der Waals surface area (Å²) in [5.41, 5.74) is -8.09. The second-order valence-corrected chi connectivity index (χ2v) is 21.9. The lowest BCUT2D eigenvalue weighted by molar-refractivity contribution is -0.199. The molecule has 4 aliphatic heterocycles. The molecule has 16 nitrogen and oxygen atoms in total. The molecule has 0 aromatic carbocycles. The van der Waals surface area contributed by atoms with Crippen LogP contribution in [0.25, 0.3) is 0 Å². The molecular weight excluding hydrogens is 752 g/mol. The molecule has 16 heteroatoms. The molecule has 4 heterocycles. The first-order chi connectivity index (χ1) is 26.1. The van der Waals surface area contributed by atoms with Crippen molar-refractivity contribution in [1.29, 1.82) is 0 Å². The standard InChI is InChI=1S/C42H72N4O12/c1-35(2)17-25(39(9,10)43(35)51)21-55-31(47)29(32(48)56-22-26-18-36(3,4)44(52)40(26,11)12)30(33(49)57-23-27-19-37(5,6)45(53)41(27,13)14)34(50)58-24-28-20-38(7,8)46(54)42(28,15)16/h25-28,51-54H,17-24H2,1-16H3. The van der Waals surface area contributed by atoms with Crippen LogP contribution in [0.4, 0.5) is 0 Å². The average Bonchev–Trinajstić information content (AvgIpc) is 3.52. The Labute approximate surface area is 344 Å². The molecule has 0 aromatic rings. The summed E-state index contributed by atoms with van der Waals surface area (Å²) < 4.78 is 23.0. The van der Waals surface area contributed by atoms with E-state index in [1.165, 1.54) is 20.3 Å². The van der Waals surface area contributed by atoms with Gasteiger partial charge in [0.05, 0.1) is 26.4 Å². The molecule has 0 aliphatic carbocycles. The summed E-state index contributed by atoms with van der Waals surface area (Å²) in [6.45, 7) is 27.9. The largest absolute Gasteiger partial charge is 0.462 e. The summed E-state index contributed by atoms with van der Waals surface area (Å²) >= 11 is 0. The Kier molecular flexibility index (Phi) is 12.9. The van der Waals surface area contributed by atoms with Gasteiger partial charge in [0.25, 0.3) is 0 Å². The van der Waals surface area contributed by atoms with E-state index >= 15 is 0 Å². The van der Waals surface area contributed by atoms with Crippen LogP contribution in [0.1, 0.15) is 136 Å². The van der Waals surface area contributed by atoms with Gasteiger partial charge in [0.2, 0.25) is 0 Å². The third-order valence-corrected chi connectivity index (χ3v) is 14.2. The van der Waals surface area contributed by atoms with E-state index < -0.39 is 103 Å². The van der Waals surface area contributed by atoms with Crippen molar-refractivity contribution in [2.45, 2.75) is 181 Å². The number of rotatable bonds is 12. The second-order valence-electron chi connectivity index (χ2n) is 21.9. The predicted molar refractivity (Wildman–Crippen MR) is 210 cm³/mol. The molecule has 4 unspecified atom stereocenters. The van der Waals surface area contributed by atoms with Gasteiger partial charge in [-0.05, 0) is 136 Å². The summed E-state index contributed by atoms with van der Waals surface area (Å²) in [7, 11) is 0. The third kappa shape index (κ3) is 8.72. The highest BCUT2D eigenvalue weighted by Crippen LogP contribution is 2.47. The zero-order valence-electron chi connectivity index (χ0n) is 37.8. The van der Waals surface area contributed by atoms with Crippen LogP contribution in [-0.4, -0.2) is 136 Å². The number of carbonyl (C=O) groups excluding carboxylic acids is 4. The van der Waals surface area contributed by atoms with Crippen molar-refractivity contribution in [2.75, 3.05) is 26.4 Å². The Morgan fingerprint density at radius 3 is 0.655 bits per heavy atom. The van der Waals surface area contributed by atoms with Crippen LogP contribution in [0.15, 0.2) is 11.1 Å². The Bertz CT molecular complexity index is 1410. The molecule has 4 fully saturated rings. The first kappa shape index (κ1) is 48.0. The van der Waals surface area contributed by atoms with Crippen LogP contribution < -0.4 is 0 Å². The van der Waals surface area contributed by atoms with E-state index in [1.807, 2.05) is 55.4 Å². The van der Waals surface area contributed by atoms with Gasteiger partial charge in [-0.25, -0.2) is 19.2 Å². The highest BCUT2D eigenvalue weighted by atomic mass is 16.6. The fraction of sp³-hybridized carbons (Fsp3) is 0.857. The molecule has 4 rings (SSSR count). The van der Waals surface area contributed by atoms with Gasteiger partial charge in [0.15, 0.2) is 11.1 Å². The Balaban J connectivity index is 1.75. The number of esters is 4. The summed E-state index contributed by atoms with van der Waals surface area (Å²) in [5, 5.41) is 48.5. The van der Waals surface area contributed by atoms with E-state index in [1.54, 1.807) is 55.4 Å². The van der Waals surface area contributed by atoms with Gasteiger partial charge in [-0.15, -0.1) is 0 Å². The molecule has 4 atom stereocenters. The molecule has 332 valence electrons. The summed E-state index contributed by atoms with van der Waals surface area (Å²) in [5.74, 6) is -6.95. The normalized spacial score (nSPS) is 30.5. The fourth-order valence-corrected chi connectivity index (χ4v) is 10.2. The maximum absolute atomic E-state index is 14.3. The van der Waals surface area contributed by atoms with Gasteiger partial charge >= 0.3 is 23.9 Å². The number of hydroxylamine groups is 8. The quantitative estimate of drug-likeness (QED) is 0.0629. The fourth-order valence-electron chi connectivity index (χ4n) is 10.2. The molecule has 58 heavy (non-hydrogen) atoms. The highest BCUT2D eigenvalue weighted by Gasteiger charge is 2.55. The van der Waals surface area contributed by atoms with Crippen molar-refractivity contribution >= 4 is 23.9 Å². The number of hydrogen-bond acceptors (Lipinski definition) is 16. The maximum atomic E-state index is 14.3. The van der Waals surface area contributed by atoms with Crippen LogP contribution in [0.2, 0.25) is 0 Å². The molecule has 4 N–H and O–H groups in total. The number of carbonyl (C=O) groups is 4. The van der Waals surface area contributed by atoms with Crippen LogP contribution in [0, 0.1) is 23.7 Å². The molecule has 0 bridgehead atoms. The van der Waals surface area contributed by atoms with Crippen molar-refractivity contribution in [3.05, 3.63) is 11.1 Å². The monoisotopic (exact) mass is 825 g/mol. The van der Waals surface area contributed by atoms with E-state index in [4.69, 9.17) is 18.9 Å². The minimum atomic E-state index is -1.32.